The molecule has 0 N–H and O–H groups in total. The van der Waals surface area contributed by atoms with Gasteiger partial charge >= 0.3 is 0 Å². The van der Waals surface area contributed by atoms with Gasteiger partial charge in [-0.1, -0.05) is 18.7 Å². The lowest BCUT2D eigenvalue weighted by Crippen LogP contribution is -2.33. The first-order valence-electron chi connectivity index (χ1n) is 7.50. The second-order valence-corrected chi connectivity index (χ2v) is 5.08. The van der Waals surface area contributed by atoms with E-state index in [2.05, 4.69) is 6.58 Å². The minimum absolute atomic E-state index is 0.241. The van der Waals surface area contributed by atoms with Gasteiger partial charge in [0.15, 0.2) is 0 Å². The SMILES string of the molecule is C=C(C)OCCOCCOCCN1C(=O)c2ccccc2C1=O. The predicted octanol–water partition coefficient (Wildman–Crippen LogP) is 1.87. The van der Waals surface area contributed by atoms with Crippen molar-refractivity contribution in [1.82, 2.24) is 4.90 Å². The molecule has 1 heterocycles. The molecule has 6 heteroatoms. The molecule has 2 amide bonds. The van der Waals surface area contributed by atoms with Crippen LogP contribution in [0.25, 0.3) is 0 Å². The second-order valence-electron chi connectivity index (χ2n) is 5.08. The van der Waals surface area contributed by atoms with E-state index in [4.69, 9.17) is 14.2 Å². The first-order chi connectivity index (χ1) is 11.1. The van der Waals surface area contributed by atoms with E-state index in [1.165, 1.54) is 4.90 Å². The van der Waals surface area contributed by atoms with E-state index in [0.717, 1.165) is 0 Å². The molecule has 2 rings (SSSR count). The molecule has 0 atom stereocenters. The van der Waals surface area contributed by atoms with E-state index in [9.17, 15) is 9.59 Å². The van der Waals surface area contributed by atoms with Crippen LogP contribution in [0.1, 0.15) is 27.6 Å². The van der Waals surface area contributed by atoms with Crippen molar-refractivity contribution in [1.29, 1.82) is 0 Å². The molecule has 1 aliphatic rings. The number of benzene rings is 1. The fraction of sp³-hybridized carbons (Fsp3) is 0.412. The Morgan fingerprint density at radius 2 is 1.48 bits per heavy atom. The van der Waals surface area contributed by atoms with Crippen molar-refractivity contribution in [3.05, 3.63) is 47.7 Å². The first kappa shape index (κ1) is 17.2. The van der Waals surface area contributed by atoms with Crippen molar-refractivity contribution in [2.24, 2.45) is 0 Å². The van der Waals surface area contributed by atoms with Gasteiger partial charge in [0.25, 0.3) is 11.8 Å². The Morgan fingerprint density at radius 1 is 0.957 bits per heavy atom. The molecule has 0 fully saturated rings. The van der Waals surface area contributed by atoms with E-state index >= 15 is 0 Å². The molecule has 1 aromatic rings. The number of imide groups is 1. The van der Waals surface area contributed by atoms with E-state index < -0.39 is 0 Å². The van der Waals surface area contributed by atoms with E-state index in [0.29, 0.717) is 43.3 Å². The molecular weight excluding hydrogens is 298 g/mol. The van der Waals surface area contributed by atoms with Gasteiger partial charge in [-0.3, -0.25) is 14.5 Å². The summed E-state index contributed by atoms with van der Waals surface area (Å²) in [5, 5.41) is 0. The van der Waals surface area contributed by atoms with Crippen molar-refractivity contribution >= 4 is 11.8 Å². The molecule has 0 aromatic heterocycles. The highest BCUT2D eigenvalue weighted by atomic mass is 16.5. The summed E-state index contributed by atoms with van der Waals surface area (Å²) in [7, 11) is 0. The second kappa shape index (κ2) is 8.45. The Hall–Kier alpha value is -2.18. The molecule has 124 valence electrons. The Labute approximate surface area is 135 Å². The van der Waals surface area contributed by atoms with Crippen LogP contribution in [0, 0.1) is 0 Å². The third-order valence-electron chi connectivity index (χ3n) is 3.29. The molecule has 1 aliphatic heterocycles. The molecule has 6 nitrogen and oxygen atoms in total. The summed E-state index contributed by atoms with van der Waals surface area (Å²) in [6, 6.07) is 6.83. The zero-order valence-electron chi connectivity index (χ0n) is 13.2. The number of ether oxygens (including phenoxy) is 3. The zero-order valence-corrected chi connectivity index (χ0v) is 13.2. The minimum Gasteiger partial charge on any atom is -0.496 e. The molecule has 0 bridgehead atoms. The maximum Gasteiger partial charge on any atom is 0.261 e. The van der Waals surface area contributed by atoms with Crippen LogP contribution in [-0.2, 0) is 14.2 Å². The summed E-state index contributed by atoms with van der Waals surface area (Å²) < 4.78 is 15.8. The van der Waals surface area contributed by atoms with Crippen molar-refractivity contribution < 1.29 is 23.8 Å². The maximum absolute atomic E-state index is 12.1. The normalized spacial score (nSPS) is 13.3. The zero-order chi connectivity index (χ0) is 16.7. The number of allylic oxidation sites excluding steroid dienone is 1. The van der Waals surface area contributed by atoms with Gasteiger partial charge in [0.2, 0.25) is 0 Å². The van der Waals surface area contributed by atoms with Crippen molar-refractivity contribution in [3.8, 4) is 0 Å². The minimum atomic E-state index is -0.262. The van der Waals surface area contributed by atoms with E-state index in [-0.39, 0.29) is 25.0 Å². The lowest BCUT2D eigenvalue weighted by molar-refractivity contribution is 0.0216. The Balaban J connectivity index is 1.60. The van der Waals surface area contributed by atoms with Gasteiger partial charge in [0.05, 0.1) is 49.9 Å². The number of hydrogen-bond acceptors (Lipinski definition) is 5. The molecule has 0 saturated heterocycles. The number of rotatable bonds is 10. The van der Waals surface area contributed by atoms with Crippen LogP contribution in [0.15, 0.2) is 36.6 Å². The Kier molecular flexibility index (Phi) is 6.31. The number of nitrogens with zero attached hydrogens (tertiary/aromatic N) is 1. The van der Waals surface area contributed by atoms with Crippen LogP contribution in [-0.4, -0.2) is 56.3 Å². The fourth-order valence-corrected chi connectivity index (χ4v) is 2.19. The van der Waals surface area contributed by atoms with E-state index in [1.54, 1.807) is 31.2 Å². The molecule has 1 aromatic carbocycles. The van der Waals surface area contributed by atoms with Crippen LogP contribution < -0.4 is 0 Å². The number of fused-ring (bicyclic) bond motifs is 1. The molecule has 23 heavy (non-hydrogen) atoms. The van der Waals surface area contributed by atoms with E-state index in [1.807, 2.05) is 0 Å². The third kappa shape index (κ3) is 4.64. The highest BCUT2D eigenvalue weighted by Gasteiger charge is 2.34. The van der Waals surface area contributed by atoms with Gasteiger partial charge in [0, 0.05) is 0 Å². The van der Waals surface area contributed by atoms with Gasteiger partial charge in [0.1, 0.15) is 6.61 Å². The topological polar surface area (TPSA) is 65.1 Å². The van der Waals surface area contributed by atoms with Gasteiger partial charge < -0.3 is 14.2 Å². The fourth-order valence-electron chi connectivity index (χ4n) is 2.19. The summed E-state index contributed by atoms with van der Waals surface area (Å²) in [6.07, 6.45) is 0. The largest absolute Gasteiger partial charge is 0.496 e. The van der Waals surface area contributed by atoms with Gasteiger partial charge in [-0.25, -0.2) is 0 Å². The summed E-state index contributed by atoms with van der Waals surface area (Å²) >= 11 is 0. The summed E-state index contributed by atoms with van der Waals surface area (Å²) in [4.78, 5) is 25.4. The highest BCUT2D eigenvalue weighted by Crippen LogP contribution is 2.21. The van der Waals surface area contributed by atoms with Crippen LogP contribution in [0.3, 0.4) is 0 Å². The molecular formula is C17H21NO5. The Bertz CT molecular complexity index is 549. The standard InChI is InChI=1S/C17H21NO5/c1-13(2)23-12-11-22-10-9-21-8-7-18-16(19)14-5-3-4-6-15(14)17(18)20/h3-6H,1,7-12H2,2H3. The van der Waals surface area contributed by atoms with Gasteiger partial charge in [-0.15, -0.1) is 0 Å². The number of hydrogen-bond donors (Lipinski definition) is 0. The average Bonchev–Trinajstić information content (AvgIpc) is 2.78. The van der Waals surface area contributed by atoms with Crippen LogP contribution in [0.4, 0.5) is 0 Å². The van der Waals surface area contributed by atoms with Crippen molar-refractivity contribution in [3.63, 3.8) is 0 Å². The van der Waals surface area contributed by atoms with Crippen molar-refractivity contribution in [2.45, 2.75) is 6.92 Å². The molecule has 0 spiro atoms. The van der Waals surface area contributed by atoms with Crippen LogP contribution in [0.5, 0.6) is 0 Å². The smallest absolute Gasteiger partial charge is 0.261 e. The van der Waals surface area contributed by atoms with Crippen LogP contribution >= 0.6 is 0 Å². The molecule has 0 radical (unpaired) electrons. The monoisotopic (exact) mass is 319 g/mol. The summed E-state index contributed by atoms with van der Waals surface area (Å²) in [5.41, 5.74) is 0.914. The number of carbonyl (C=O) groups is 2. The average molecular weight is 319 g/mol. The third-order valence-corrected chi connectivity index (χ3v) is 3.29. The molecule has 0 aliphatic carbocycles. The first-order valence-corrected chi connectivity index (χ1v) is 7.50. The number of carbonyl (C=O) groups excluding carboxylic acids is 2. The summed E-state index contributed by atoms with van der Waals surface area (Å²) in [6.45, 7) is 7.69. The lowest BCUT2D eigenvalue weighted by Gasteiger charge is -2.13. The number of amides is 2. The predicted molar refractivity (Wildman–Crippen MR) is 84.2 cm³/mol. The van der Waals surface area contributed by atoms with Crippen LogP contribution in [0.2, 0.25) is 0 Å². The van der Waals surface area contributed by atoms with Crippen molar-refractivity contribution in [2.75, 3.05) is 39.6 Å². The lowest BCUT2D eigenvalue weighted by atomic mass is 10.1. The molecule has 0 saturated carbocycles. The quantitative estimate of drug-likeness (QED) is 0.374. The Morgan fingerprint density at radius 3 is 2.04 bits per heavy atom. The summed E-state index contributed by atoms with van der Waals surface area (Å²) in [5.74, 6) is 0.135. The van der Waals surface area contributed by atoms with Gasteiger partial charge in [-0.2, -0.15) is 0 Å². The maximum atomic E-state index is 12.1. The highest BCUT2D eigenvalue weighted by molar-refractivity contribution is 6.21. The van der Waals surface area contributed by atoms with Gasteiger partial charge in [-0.05, 0) is 19.1 Å². The molecule has 0 unspecified atom stereocenters.